The van der Waals surface area contributed by atoms with E-state index in [1.807, 2.05) is 11.8 Å². The topological polar surface area (TPSA) is 21.3 Å². The quantitative estimate of drug-likeness (QED) is 0.775. The Labute approximate surface area is 131 Å². The van der Waals surface area contributed by atoms with Gasteiger partial charge in [0, 0.05) is 30.0 Å². The maximum absolute atomic E-state index is 5.07. The van der Waals surface area contributed by atoms with E-state index in [1.54, 1.807) is 7.11 Å². The number of aryl methyl sites for hydroxylation is 2. The van der Waals surface area contributed by atoms with Crippen molar-refractivity contribution in [2.45, 2.75) is 30.2 Å². The first-order valence-corrected chi connectivity index (χ1v) is 8.04. The molecule has 0 bridgehead atoms. The van der Waals surface area contributed by atoms with E-state index in [2.05, 4.69) is 61.6 Å². The largest absolute Gasteiger partial charge is 0.383 e. The fourth-order valence-corrected chi connectivity index (χ4v) is 3.19. The number of nitrogens with one attached hydrogen (secondary N) is 1. The molecule has 3 heteroatoms. The van der Waals surface area contributed by atoms with Crippen molar-refractivity contribution in [3.05, 3.63) is 59.2 Å². The first-order valence-electron chi connectivity index (χ1n) is 7.23. The van der Waals surface area contributed by atoms with E-state index < -0.39 is 0 Å². The monoisotopic (exact) mass is 301 g/mol. The molecule has 2 rings (SSSR count). The van der Waals surface area contributed by atoms with Gasteiger partial charge in [-0.05, 0) is 37.6 Å². The lowest BCUT2D eigenvalue weighted by Crippen LogP contribution is -2.19. The average Bonchev–Trinajstić information content (AvgIpc) is 2.46. The van der Waals surface area contributed by atoms with Gasteiger partial charge in [-0.2, -0.15) is 0 Å². The van der Waals surface area contributed by atoms with Gasteiger partial charge in [0.15, 0.2) is 0 Å². The SMILES string of the molecule is COCCNCc1cc(C)ccc1Sc1cccc(C)c1. The van der Waals surface area contributed by atoms with Crippen LogP contribution in [0.5, 0.6) is 0 Å². The number of ether oxygens (including phenoxy) is 1. The van der Waals surface area contributed by atoms with Crippen molar-refractivity contribution in [1.29, 1.82) is 0 Å². The molecule has 0 aliphatic heterocycles. The summed E-state index contributed by atoms with van der Waals surface area (Å²) in [6, 6.07) is 15.3. The Hall–Kier alpha value is -1.29. The van der Waals surface area contributed by atoms with Crippen molar-refractivity contribution in [1.82, 2.24) is 5.32 Å². The maximum atomic E-state index is 5.07. The summed E-state index contributed by atoms with van der Waals surface area (Å²) in [6.07, 6.45) is 0. The van der Waals surface area contributed by atoms with Gasteiger partial charge in [0.25, 0.3) is 0 Å². The van der Waals surface area contributed by atoms with Crippen LogP contribution < -0.4 is 5.32 Å². The van der Waals surface area contributed by atoms with Gasteiger partial charge in [-0.25, -0.2) is 0 Å². The molecule has 0 aliphatic rings. The second kappa shape index (κ2) is 8.23. The minimum absolute atomic E-state index is 0.742. The summed E-state index contributed by atoms with van der Waals surface area (Å²) >= 11 is 1.83. The molecule has 0 saturated heterocycles. The van der Waals surface area contributed by atoms with Crippen LogP contribution in [0.4, 0.5) is 0 Å². The zero-order valence-corrected chi connectivity index (χ0v) is 13.8. The molecule has 0 unspecified atom stereocenters. The zero-order chi connectivity index (χ0) is 15.1. The highest BCUT2D eigenvalue weighted by Gasteiger charge is 2.05. The van der Waals surface area contributed by atoms with Crippen molar-refractivity contribution in [2.24, 2.45) is 0 Å². The molecule has 21 heavy (non-hydrogen) atoms. The van der Waals surface area contributed by atoms with Gasteiger partial charge in [0.1, 0.15) is 0 Å². The summed E-state index contributed by atoms with van der Waals surface area (Å²) in [5.41, 5.74) is 3.94. The normalized spacial score (nSPS) is 10.8. The lowest BCUT2D eigenvalue weighted by molar-refractivity contribution is 0.199. The van der Waals surface area contributed by atoms with E-state index in [9.17, 15) is 0 Å². The summed E-state index contributed by atoms with van der Waals surface area (Å²) in [5.74, 6) is 0. The smallest absolute Gasteiger partial charge is 0.0587 e. The maximum Gasteiger partial charge on any atom is 0.0587 e. The van der Waals surface area contributed by atoms with Gasteiger partial charge < -0.3 is 10.1 Å². The number of methoxy groups -OCH3 is 1. The summed E-state index contributed by atoms with van der Waals surface area (Å²) < 4.78 is 5.07. The van der Waals surface area contributed by atoms with Crippen molar-refractivity contribution < 1.29 is 4.74 Å². The van der Waals surface area contributed by atoms with Crippen LogP contribution in [0, 0.1) is 13.8 Å². The Morgan fingerprint density at radius 3 is 2.62 bits per heavy atom. The summed E-state index contributed by atoms with van der Waals surface area (Å²) in [6.45, 7) is 6.76. The van der Waals surface area contributed by atoms with Crippen molar-refractivity contribution in [2.75, 3.05) is 20.3 Å². The van der Waals surface area contributed by atoms with Gasteiger partial charge in [0.2, 0.25) is 0 Å². The predicted molar refractivity (Wildman–Crippen MR) is 90.1 cm³/mol. The molecule has 0 radical (unpaired) electrons. The molecule has 0 atom stereocenters. The Morgan fingerprint density at radius 1 is 1.05 bits per heavy atom. The summed E-state index contributed by atoms with van der Waals surface area (Å²) in [4.78, 5) is 2.60. The number of hydrogen-bond acceptors (Lipinski definition) is 3. The van der Waals surface area contributed by atoms with E-state index in [0.717, 1.165) is 19.7 Å². The Bertz CT molecular complexity index is 583. The lowest BCUT2D eigenvalue weighted by Gasteiger charge is -2.12. The highest BCUT2D eigenvalue weighted by molar-refractivity contribution is 7.99. The first-order chi connectivity index (χ1) is 10.2. The number of benzene rings is 2. The third-order valence-electron chi connectivity index (χ3n) is 3.23. The van der Waals surface area contributed by atoms with Gasteiger partial charge >= 0.3 is 0 Å². The number of rotatable bonds is 7. The molecule has 2 nitrogen and oxygen atoms in total. The molecule has 2 aromatic carbocycles. The van der Waals surface area contributed by atoms with Crippen molar-refractivity contribution >= 4 is 11.8 Å². The highest BCUT2D eigenvalue weighted by Crippen LogP contribution is 2.31. The second-order valence-electron chi connectivity index (χ2n) is 5.20. The minimum atomic E-state index is 0.742. The van der Waals surface area contributed by atoms with Crippen LogP contribution in [-0.2, 0) is 11.3 Å². The van der Waals surface area contributed by atoms with Crippen LogP contribution in [0.25, 0.3) is 0 Å². The third kappa shape index (κ3) is 5.20. The fourth-order valence-electron chi connectivity index (χ4n) is 2.15. The van der Waals surface area contributed by atoms with Gasteiger partial charge in [-0.15, -0.1) is 0 Å². The molecule has 0 spiro atoms. The molecule has 0 aliphatic carbocycles. The number of hydrogen-bond donors (Lipinski definition) is 1. The van der Waals surface area contributed by atoms with Crippen LogP contribution >= 0.6 is 11.8 Å². The van der Waals surface area contributed by atoms with E-state index in [-0.39, 0.29) is 0 Å². The first kappa shape index (κ1) is 16.1. The van der Waals surface area contributed by atoms with Crippen LogP contribution in [-0.4, -0.2) is 20.3 Å². The van der Waals surface area contributed by atoms with Crippen LogP contribution in [0.2, 0.25) is 0 Å². The Kier molecular flexibility index (Phi) is 6.30. The summed E-state index contributed by atoms with van der Waals surface area (Å²) in [7, 11) is 1.73. The lowest BCUT2D eigenvalue weighted by atomic mass is 10.1. The van der Waals surface area contributed by atoms with E-state index in [4.69, 9.17) is 4.74 Å². The van der Waals surface area contributed by atoms with Gasteiger partial charge in [-0.1, -0.05) is 47.2 Å². The molecule has 2 aromatic rings. The molecular weight excluding hydrogens is 278 g/mol. The van der Waals surface area contributed by atoms with E-state index in [0.29, 0.717) is 0 Å². The molecule has 0 aromatic heterocycles. The standard InChI is InChI=1S/C18H23NOS/c1-14-5-4-6-17(12-14)21-18-8-7-15(2)11-16(18)13-19-9-10-20-3/h4-8,11-12,19H,9-10,13H2,1-3H3. The van der Waals surface area contributed by atoms with Crippen LogP contribution in [0.1, 0.15) is 16.7 Å². The van der Waals surface area contributed by atoms with Crippen LogP contribution in [0.3, 0.4) is 0 Å². The van der Waals surface area contributed by atoms with Gasteiger partial charge in [0.05, 0.1) is 6.61 Å². The Morgan fingerprint density at radius 2 is 1.86 bits per heavy atom. The van der Waals surface area contributed by atoms with Crippen molar-refractivity contribution in [3.63, 3.8) is 0 Å². The molecule has 0 fully saturated rings. The molecular formula is C18H23NOS. The molecule has 0 saturated carbocycles. The zero-order valence-electron chi connectivity index (χ0n) is 13.0. The van der Waals surface area contributed by atoms with Crippen LogP contribution in [0.15, 0.2) is 52.3 Å². The van der Waals surface area contributed by atoms with E-state index in [1.165, 1.54) is 26.5 Å². The third-order valence-corrected chi connectivity index (χ3v) is 4.34. The molecule has 1 N–H and O–H groups in total. The Balaban J connectivity index is 2.10. The average molecular weight is 301 g/mol. The predicted octanol–water partition coefficient (Wildman–Crippen LogP) is 4.19. The second-order valence-corrected chi connectivity index (χ2v) is 6.31. The summed E-state index contributed by atoms with van der Waals surface area (Å²) in [5, 5.41) is 3.43. The fraction of sp³-hybridized carbons (Fsp3) is 0.333. The van der Waals surface area contributed by atoms with E-state index >= 15 is 0 Å². The highest BCUT2D eigenvalue weighted by atomic mass is 32.2. The van der Waals surface area contributed by atoms with Gasteiger partial charge in [-0.3, -0.25) is 0 Å². The molecule has 0 heterocycles. The molecule has 112 valence electrons. The minimum Gasteiger partial charge on any atom is -0.383 e. The molecule has 0 amide bonds. The van der Waals surface area contributed by atoms with Crippen molar-refractivity contribution in [3.8, 4) is 0 Å².